The third kappa shape index (κ3) is 1.83. The first-order valence-electron chi connectivity index (χ1n) is 5.39. The molecule has 0 unspecified atom stereocenters. The number of aromatic nitrogens is 1. The second kappa shape index (κ2) is 4.15. The highest BCUT2D eigenvalue weighted by Gasteiger charge is 2.23. The highest BCUT2D eigenvalue weighted by atomic mass is 15.2. The maximum atomic E-state index is 3.41. The third-order valence-corrected chi connectivity index (χ3v) is 3.12. The normalized spacial score (nSPS) is 26.3. The van der Waals surface area contributed by atoms with E-state index < -0.39 is 0 Å². The van der Waals surface area contributed by atoms with Gasteiger partial charge in [-0.2, -0.15) is 0 Å². The van der Waals surface area contributed by atoms with Crippen LogP contribution in [0.4, 0.5) is 0 Å². The number of nitrogens with zero attached hydrogens (tertiary/aromatic N) is 1. The molecule has 78 valence electrons. The van der Waals surface area contributed by atoms with Crippen LogP contribution in [0.1, 0.15) is 25.6 Å². The van der Waals surface area contributed by atoms with Gasteiger partial charge in [0.2, 0.25) is 0 Å². The lowest BCUT2D eigenvalue weighted by atomic mass is 10.1. The van der Waals surface area contributed by atoms with E-state index in [1.165, 1.54) is 5.69 Å². The maximum Gasteiger partial charge on any atom is 0.0474 e. The number of hydrogen-bond acceptors (Lipinski definition) is 2. The van der Waals surface area contributed by atoms with Crippen molar-refractivity contribution in [2.24, 2.45) is 0 Å². The van der Waals surface area contributed by atoms with Crippen molar-refractivity contribution >= 4 is 0 Å². The first kappa shape index (κ1) is 9.74. The van der Waals surface area contributed by atoms with Gasteiger partial charge in [0, 0.05) is 43.6 Å². The van der Waals surface area contributed by atoms with Crippen LogP contribution >= 0.6 is 0 Å². The zero-order valence-corrected chi connectivity index (χ0v) is 8.96. The number of rotatable bonds is 2. The number of hydrogen-bond donors (Lipinski definition) is 2. The van der Waals surface area contributed by atoms with E-state index in [1.807, 2.05) is 6.20 Å². The second-order valence-corrected chi connectivity index (χ2v) is 4.09. The third-order valence-electron chi connectivity index (χ3n) is 3.12. The molecule has 0 bridgehead atoms. The number of aromatic amines is 1. The molecule has 0 aromatic carbocycles. The predicted octanol–water partition coefficient (Wildman–Crippen LogP) is 1.37. The van der Waals surface area contributed by atoms with E-state index in [0.29, 0.717) is 12.1 Å². The first-order valence-corrected chi connectivity index (χ1v) is 5.39. The summed E-state index contributed by atoms with van der Waals surface area (Å²) in [6.45, 7) is 7.90. The molecule has 1 aromatic heterocycles. The smallest absolute Gasteiger partial charge is 0.0474 e. The van der Waals surface area contributed by atoms with Gasteiger partial charge in [-0.3, -0.25) is 4.90 Å². The summed E-state index contributed by atoms with van der Waals surface area (Å²) in [6.07, 6.45) is 2.00. The van der Waals surface area contributed by atoms with Crippen molar-refractivity contribution in [1.82, 2.24) is 15.2 Å². The number of nitrogens with one attached hydrogen (secondary N) is 2. The average Bonchev–Trinajstić information content (AvgIpc) is 2.70. The van der Waals surface area contributed by atoms with E-state index in [2.05, 4.69) is 41.2 Å². The van der Waals surface area contributed by atoms with Crippen molar-refractivity contribution in [2.75, 3.05) is 19.6 Å². The van der Waals surface area contributed by atoms with Gasteiger partial charge in [0.05, 0.1) is 0 Å². The Kier molecular flexibility index (Phi) is 2.89. The van der Waals surface area contributed by atoms with Crippen molar-refractivity contribution in [1.29, 1.82) is 0 Å². The molecule has 0 spiro atoms. The Bertz CT molecular complexity index is 268. The summed E-state index contributed by atoms with van der Waals surface area (Å²) in [5.41, 5.74) is 1.32. The van der Waals surface area contributed by atoms with Crippen molar-refractivity contribution < 1.29 is 0 Å². The van der Waals surface area contributed by atoms with Gasteiger partial charge in [0.1, 0.15) is 0 Å². The van der Waals surface area contributed by atoms with Gasteiger partial charge in [-0.1, -0.05) is 0 Å². The van der Waals surface area contributed by atoms with Crippen molar-refractivity contribution in [3.05, 3.63) is 24.0 Å². The molecule has 1 aliphatic heterocycles. The van der Waals surface area contributed by atoms with Crippen LogP contribution in [-0.4, -0.2) is 35.6 Å². The summed E-state index contributed by atoms with van der Waals surface area (Å²) in [5.74, 6) is 0. The summed E-state index contributed by atoms with van der Waals surface area (Å²) in [6, 6.07) is 5.36. The van der Waals surface area contributed by atoms with Gasteiger partial charge in [0.25, 0.3) is 0 Å². The molecule has 0 aliphatic carbocycles. The summed E-state index contributed by atoms with van der Waals surface area (Å²) in [7, 11) is 0. The molecule has 1 aliphatic rings. The lowest BCUT2D eigenvalue weighted by Crippen LogP contribution is -2.50. The van der Waals surface area contributed by atoms with E-state index in [4.69, 9.17) is 0 Å². The molecule has 1 aromatic rings. The largest absolute Gasteiger partial charge is 0.364 e. The molecule has 14 heavy (non-hydrogen) atoms. The van der Waals surface area contributed by atoms with Crippen LogP contribution in [0.3, 0.4) is 0 Å². The molecule has 1 fully saturated rings. The summed E-state index contributed by atoms with van der Waals surface area (Å²) in [4.78, 5) is 5.84. The Morgan fingerprint density at radius 2 is 2.43 bits per heavy atom. The summed E-state index contributed by atoms with van der Waals surface area (Å²) >= 11 is 0. The van der Waals surface area contributed by atoms with E-state index in [1.54, 1.807) is 0 Å². The Labute approximate surface area is 85.5 Å². The molecule has 3 heteroatoms. The summed E-state index contributed by atoms with van der Waals surface area (Å²) in [5, 5.41) is 3.41. The van der Waals surface area contributed by atoms with Crippen LogP contribution < -0.4 is 5.32 Å². The van der Waals surface area contributed by atoms with Gasteiger partial charge < -0.3 is 10.3 Å². The van der Waals surface area contributed by atoms with Crippen molar-refractivity contribution in [2.45, 2.75) is 25.9 Å². The SMILES string of the molecule is C[C@@H]1CNCCN1[C@H](C)c1ccc[nH]1. The molecule has 2 N–H and O–H groups in total. The highest BCUT2D eigenvalue weighted by molar-refractivity contribution is 5.09. The fourth-order valence-electron chi connectivity index (χ4n) is 2.21. The van der Waals surface area contributed by atoms with Crippen molar-refractivity contribution in [3.63, 3.8) is 0 Å². The van der Waals surface area contributed by atoms with Gasteiger partial charge in [-0.15, -0.1) is 0 Å². The van der Waals surface area contributed by atoms with Crippen LogP contribution in [0.15, 0.2) is 18.3 Å². The fourth-order valence-corrected chi connectivity index (χ4v) is 2.21. The molecular formula is C11H19N3. The Hall–Kier alpha value is -0.800. The number of piperazine rings is 1. The fraction of sp³-hybridized carbons (Fsp3) is 0.636. The molecule has 3 nitrogen and oxygen atoms in total. The van der Waals surface area contributed by atoms with Gasteiger partial charge >= 0.3 is 0 Å². The molecule has 0 saturated carbocycles. The molecule has 2 heterocycles. The predicted molar refractivity (Wildman–Crippen MR) is 58.2 cm³/mol. The van der Waals surface area contributed by atoms with Gasteiger partial charge in [-0.25, -0.2) is 0 Å². The Morgan fingerprint density at radius 3 is 3.07 bits per heavy atom. The van der Waals surface area contributed by atoms with E-state index >= 15 is 0 Å². The van der Waals surface area contributed by atoms with E-state index in [0.717, 1.165) is 19.6 Å². The second-order valence-electron chi connectivity index (χ2n) is 4.09. The molecule has 2 rings (SSSR count). The molecular weight excluding hydrogens is 174 g/mol. The highest BCUT2D eigenvalue weighted by Crippen LogP contribution is 2.21. The van der Waals surface area contributed by atoms with Crippen LogP contribution in [0.25, 0.3) is 0 Å². The monoisotopic (exact) mass is 193 g/mol. The zero-order chi connectivity index (χ0) is 9.97. The summed E-state index contributed by atoms with van der Waals surface area (Å²) < 4.78 is 0. The molecule has 0 radical (unpaired) electrons. The Morgan fingerprint density at radius 1 is 1.57 bits per heavy atom. The lowest BCUT2D eigenvalue weighted by molar-refractivity contribution is 0.124. The maximum absolute atomic E-state index is 3.41. The Balaban J connectivity index is 2.06. The van der Waals surface area contributed by atoms with E-state index in [9.17, 15) is 0 Å². The minimum atomic E-state index is 0.502. The van der Waals surface area contributed by atoms with Crippen molar-refractivity contribution in [3.8, 4) is 0 Å². The molecule has 1 saturated heterocycles. The van der Waals surface area contributed by atoms with E-state index in [-0.39, 0.29) is 0 Å². The lowest BCUT2D eigenvalue weighted by Gasteiger charge is -2.38. The molecule has 2 atom stereocenters. The first-order chi connectivity index (χ1) is 6.79. The quantitative estimate of drug-likeness (QED) is 0.743. The minimum absolute atomic E-state index is 0.502. The average molecular weight is 193 g/mol. The van der Waals surface area contributed by atoms with Crippen LogP contribution in [-0.2, 0) is 0 Å². The van der Waals surface area contributed by atoms with Gasteiger partial charge in [0.15, 0.2) is 0 Å². The standard InChI is InChI=1S/C11H19N3/c1-9-8-12-6-7-14(9)10(2)11-4-3-5-13-11/h3-5,9-10,12-13H,6-8H2,1-2H3/t9-,10-/m1/s1. The number of H-pyrrole nitrogens is 1. The van der Waals surface area contributed by atoms with Gasteiger partial charge in [-0.05, 0) is 26.0 Å². The minimum Gasteiger partial charge on any atom is -0.364 e. The molecule has 0 amide bonds. The topological polar surface area (TPSA) is 31.1 Å². The van der Waals surface area contributed by atoms with Crippen LogP contribution in [0.2, 0.25) is 0 Å². The zero-order valence-electron chi connectivity index (χ0n) is 8.96. The van der Waals surface area contributed by atoms with Crippen LogP contribution in [0.5, 0.6) is 0 Å². The van der Waals surface area contributed by atoms with Crippen LogP contribution in [0, 0.1) is 0 Å².